The Labute approximate surface area is 151 Å². The molecule has 0 atom stereocenters. The maximum atomic E-state index is 12.7. The smallest absolute Gasteiger partial charge is 0.225 e. The Morgan fingerprint density at radius 3 is 2.36 bits per heavy atom. The lowest BCUT2D eigenvalue weighted by molar-refractivity contribution is -0.138. The second-order valence-corrected chi connectivity index (χ2v) is 8.16. The van der Waals surface area contributed by atoms with Crippen molar-refractivity contribution >= 4 is 5.91 Å². The summed E-state index contributed by atoms with van der Waals surface area (Å²) < 4.78 is 5.92. The lowest BCUT2D eigenvalue weighted by Gasteiger charge is -2.36. The van der Waals surface area contributed by atoms with Crippen molar-refractivity contribution in [2.45, 2.75) is 45.7 Å². The lowest BCUT2D eigenvalue weighted by atomic mass is 9.92. The van der Waals surface area contributed by atoms with Crippen LogP contribution in [0.3, 0.4) is 0 Å². The highest BCUT2D eigenvalue weighted by Crippen LogP contribution is 2.24. The Kier molecular flexibility index (Phi) is 6.18. The molecular formula is C20H33N3O2. The van der Waals surface area contributed by atoms with E-state index in [1.807, 2.05) is 14.1 Å². The molecule has 3 rings (SSSR count). The SMILES string of the molecule is CC1CCN(C(=O)C2CCN(Cc3ccc(CN(C)C)o3)CC2)CC1. The largest absolute Gasteiger partial charge is 0.463 e. The van der Waals surface area contributed by atoms with Crippen LogP contribution >= 0.6 is 0 Å². The highest BCUT2D eigenvalue weighted by molar-refractivity contribution is 5.79. The average Bonchev–Trinajstić information content (AvgIpc) is 3.02. The summed E-state index contributed by atoms with van der Waals surface area (Å²) in [6, 6.07) is 4.16. The van der Waals surface area contributed by atoms with Gasteiger partial charge in [-0.1, -0.05) is 6.92 Å². The quantitative estimate of drug-likeness (QED) is 0.821. The van der Waals surface area contributed by atoms with Crippen molar-refractivity contribution in [3.8, 4) is 0 Å². The zero-order valence-corrected chi connectivity index (χ0v) is 16.0. The number of rotatable bonds is 5. The van der Waals surface area contributed by atoms with Gasteiger partial charge in [0, 0.05) is 19.0 Å². The van der Waals surface area contributed by atoms with E-state index >= 15 is 0 Å². The number of carbonyl (C=O) groups is 1. The molecule has 0 bridgehead atoms. The molecule has 2 fully saturated rings. The topological polar surface area (TPSA) is 39.9 Å². The van der Waals surface area contributed by atoms with Crippen LogP contribution in [0.1, 0.15) is 44.1 Å². The van der Waals surface area contributed by atoms with Crippen molar-refractivity contribution in [3.63, 3.8) is 0 Å². The molecule has 140 valence electrons. The molecule has 1 amide bonds. The molecule has 3 heterocycles. The van der Waals surface area contributed by atoms with Gasteiger partial charge in [0.05, 0.1) is 13.1 Å². The van der Waals surface area contributed by atoms with Gasteiger partial charge in [-0.25, -0.2) is 0 Å². The fourth-order valence-electron chi connectivity index (χ4n) is 3.95. The predicted molar refractivity (Wildman–Crippen MR) is 99.1 cm³/mol. The van der Waals surface area contributed by atoms with Crippen LogP contribution in [0.5, 0.6) is 0 Å². The standard InChI is InChI=1S/C20H33N3O2/c1-16-6-12-23(13-7-16)20(24)17-8-10-22(11-9-17)15-19-5-4-18(25-19)14-21(2)3/h4-5,16-17H,6-15H2,1-3H3. The van der Waals surface area contributed by atoms with Crippen molar-refractivity contribution < 1.29 is 9.21 Å². The maximum absolute atomic E-state index is 12.7. The molecule has 2 saturated heterocycles. The van der Waals surface area contributed by atoms with E-state index in [0.29, 0.717) is 5.91 Å². The minimum atomic E-state index is 0.227. The number of furan rings is 1. The van der Waals surface area contributed by atoms with Gasteiger partial charge < -0.3 is 14.2 Å². The summed E-state index contributed by atoms with van der Waals surface area (Å²) in [4.78, 5) is 19.4. The van der Waals surface area contributed by atoms with Gasteiger partial charge in [0.25, 0.3) is 0 Å². The molecule has 0 radical (unpaired) electrons. The Morgan fingerprint density at radius 2 is 1.72 bits per heavy atom. The van der Waals surface area contributed by atoms with E-state index in [1.165, 1.54) is 12.8 Å². The Hall–Kier alpha value is -1.33. The zero-order chi connectivity index (χ0) is 17.8. The van der Waals surface area contributed by atoms with Gasteiger partial charge in [-0.15, -0.1) is 0 Å². The van der Waals surface area contributed by atoms with E-state index < -0.39 is 0 Å². The summed E-state index contributed by atoms with van der Waals surface area (Å²) in [6.45, 7) is 7.89. The van der Waals surface area contributed by atoms with Gasteiger partial charge in [0.1, 0.15) is 11.5 Å². The van der Waals surface area contributed by atoms with Crippen LogP contribution in [0.4, 0.5) is 0 Å². The number of nitrogens with zero attached hydrogens (tertiary/aromatic N) is 3. The zero-order valence-electron chi connectivity index (χ0n) is 16.0. The third-order valence-corrected chi connectivity index (χ3v) is 5.60. The normalized spacial score (nSPS) is 21.2. The van der Waals surface area contributed by atoms with Crippen molar-refractivity contribution in [1.29, 1.82) is 0 Å². The van der Waals surface area contributed by atoms with Crippen molar-refractivity contribution in [2.75, 3.05) is 40.3 Å². The minimum absolute atomic E-state index is 0.227. The molecule has 5 nitrogen and oxygen atoms in total. The van der Waals surface area contributed by atoms with Crippen molar-refractivity contribution in [1.82, 2.24) is 14.7 Å². The summed E-state index contributed by atoms with van der Waals surface area (Å²) in [5, 5.41) is 0. The molecule has 1 aromatic rings. The second kappa shape index (κ2) is 8.37. The van der Waals surface area contributed by atoms with Gasteiger partial charge in [-0.2, -0.15) is 0 Å². The number of carbonyl (C=O) groups excluding carboxylic acids is 1. The molecule has 2 aliphatic heterocycles. The average molecular weight is 348 g/mol. The van der Waals surface area contributed by atoms with Crippen LogP contribution in [0.15, 0.2) is 16.5 Å². The van der Waals surface area contributed by atoms with Gasteiger partial charge >= 0.3 is 0 Å². The van der Waals surface area contributed by atoms with E-state index in [9.17, 15) is 4.79 Å². The van der Waals surface area contributed by atoms with Gasteiger partial charge in [-0.05, 0) is 70.9 Å². The van der Waals surface area contributed by atoms with Crippen LogP contribution in [0.2, 0.25) is 0 Å². The van der Waals surface area contributed by atoms with Gasteiger partial charge in [0.2, 0.25) is 5.91 Å². The van der Waals surface area contributed by atoms with Gasteiger partial charge in [0.15, 0.2) is 0 Å². The second-order valence-electron chi connectivity index (χ2n) is 8.16. The first-order valence-electron chi connectivity index (χ1n) is 9.74. The molecule has 0 N–H and O–H groups in total. The highest BCUT2D eigenvalue weighted by Gasteiger charge is 2.30. The Morgan fingerprint density at radius 1 is 1.08 bits per heavy atom. The third kappa shape index (κ3) is 5.08. The van der Waals surface area contributed by atoms with Crippen LogP contribution < -0.4 is 0 Å². The molecule has 0 saturated carbocycles. The van der Waals surface area contributed by atoms with Crippen molar-refractivity contribution in [3.05, 3.63) is 23.7 Å². The molecule has 0 spiro atoms. The first-order valence-corrected chi connectivity index (χ1v) is 9.74. The molecule has 0 unspecified atom stereocenters. The number of hydrogen-bond acceptors (Lipinski definition) is 4. The number of amides is 1. The first-order chi connectivity index (χ1) is 12.0. The summed E-state index contributed by atoms with van der Waals surface area (Å²) in [7, 11) is 4.10. The van der Waals surface area contributed by atoms with E-state index in [2.05, 4.69) is 33.8 Å². The van der Waals surface area contributed by atoms with Crippen LogP contribution in [-0.2, 0) is 17.9 Å². The fourth-order valence-corrected chi connectivity index (χ4v) is 3.95. The molecule has 0 aromatic carbocycles. The highest BCUT2D eigenvalue weighted by atomic mass is 16.3. The fraction of sp³-hybridized carbons (Fsp3) is 0.750. The maximum Gasteiger partial charge on any atom is 0.225 e. The molecule has 2 aliphatic rings. The molecule has 5 heteroatoms. The number of piperidine rings is 2. The number of likely N-dealkylation sites (tertiary alicyclic amines) is 2. The summed E-state index contributed by atoms with van der Waals surface area (Å²) in [6.07, 6.45) is 4.29. The number of hydrogen-bond donors (Lipinski definition) is 0. The van der Waals surface area contributed by atoms with E-state index in [1.54, 1.807) is 0 Å². The Bertz CT molecular complexity index is 553. The summed E-state index contributed by atoms with van der Waals surface area (Å²) in [5.74, 6) is 3.45. The van der Waals surface area contributed by atoms with Crippen LogP contribution in [-0.4, -0.2) is 60.9 Å². The van der Waals surface area contributed by atoms with Crippen LogP contribution in [0, 0.1) is 11.8 Å². The lowest BCUT2D eigenvalue weighted by Crippen LogP contribution is -2.45. The van der Waals surface area contributed by atoms with Gasteiger partial charge in [-0.3, -0.25) is 9.69 Å². The third-order valence-electron chi connectivity index (χ3n) is 5.60. The predicted octanol–water partition coefficient (Wildman–Crippen LogP) is 2.81. The Balaban J connectivity index is 1.44. The van der Waals surface area contributed by atoms with Crippen LogP contribution in [0.25, 0.3) is 0 Å². The van der Waals surface area contributed by atoms with E-state index in [-0.39, 0.29) is 5.92 Å². The minimum Gasteiger partial charge on any atom is -0.463 e. The molecular weight excluding hydrogens is 314 g/mol. The monoisotopic (exact) mass is 347 g/mol. The molecule has 0 aliphatic carbocycles. The van der Waals surface area contributed by atoms with E-state index in [4.69, 9.17) is 4.42 Å². The molecule has 25 heavy (non-hydrogen) atoms. The first kappa shape index (κ1) is 18.5. The van der Waals surface area contributed by atoms with E-state index in [0.717, 1.165) is 69.5 Å². The summed E-state index contributed by atoms with van der Waals surface area (Å²) in [5.41, 5.74) is 0. The van der Waals surface area contributed by atoms with Crippen molar-refractivity contribution in [2.24, 2.45) is 11.8 Å². The summed E-state index contributed by atoms with van der Waals surface area (Å²) >= 11 is 0. The molecule has 1 aromatic heterocycles.